The first-order chi connectivity index (χ1) is 10.7. The number of amides is 1. The average molecular weight is 302 g/mol. The maximum atomic E-state index is 12.9. The van der Waals surface area contributed by atoms with Gasteiger partial charge in [-0.2, -0.15) is 0 Å². The number of likely N-dealkylation sites (tertiary alicyclic amines) is 2. The van der Waals surface area contributed by atoms with Crippen LogP contribution in [0, 0.1) is 0 Å². The highest BCUT2D eigenvalue weighted by atomic mass is 16.5. The van der Waals surface area contributed by atoms with Gasteiger partial charge in [0.25, 0.3) is 5.91 Å². The van der Waals surface area contributed by atoms with Gasteiger partial charge in [-0.25, -0.2) is 0 Å². The van der Waals surface area contributed by atoms with Crippen LogP contribution in [0.4, 0.5) is 0 Å². The second-order valence-electron chi connectivity index (χ2n) is 6.27. The molecular weight excluding hydrogens is 276 g/mol. The van der Waals surface area contributed by atoms with Crippen molar-refractivity contribution >= 4 is 5.91 Å². The molecule has 4 nitrogen and oxygen atoms in total. The second kappa shape index (κ2) is 6.69. The predicted octanol–water partition coefficient (Wildman–Crippen LogP) is 2.78. The minimum absolute atomic E-state index is 0.174. The molecule has 22 heavy (non-hydrogen) atoms. The number of carbonyl (C=O) groups is 1. The third-order valence-electron chi connectivity index (χ3n) is 5.16. The van der Waals surface area contributed by atoms with E-state index in [1.54, 1.807) is 7.11 Å². The maximum absolute atomic E-state index is 12.9. The van der Waals surface area contributed by atoms with Gasteiger partial charge in [-0.15, -0.1) is 0 Å². The average Bonchev–Trinajstić information content (AvgIpc) is 3.22. The molecule has 1 amide bonds. The Morgan fingerprint density at radius 3 is 2.50 bits per heavy atom. The van der Waals surface area contributed by atoms with Gasteiger partial charge in [0.1, 0.15) is 5.75 Å². The normalized spacial score (nSPS) is 25.6. The summed E-state index contributed by atoms with van der Waals surface area (Å²) in [5.74, 6) is 0.968. The van der Waals surface area contributed by atoms with Gasteiger partial charge < -0.3 is 9.64 Å². The SMILES string of the molecule is CCN1CCC[C@@H]1[C@@H]1CCCN1C(=O)c1ccc(OC)cc1. The Morgan fingerprint density at radius 1 is 1.14 bits per heavy atom. The lowest BCUT2D eigenvalue weighted by molar-refractivity contribution is 0.0650. The van der Waals surface area contributed by atoms with E-state index in [0.29, 0.717) is 12.1 Å². The highest BCUT2D eigenvalue weighted by molar-refractivity contribution is 5.94. The van der Waals surface area contributed by atoms with E-state index in [2.05, 4.69) is 16.7 Å². The number of methoxy groups -OCH3 is 1. The first-order valence-corrected chi connectivity index (χ1v) is 8.43. The minimum Gasteiger partial charge on any atom is -0.497 e. The van der Waals surface area contributed by atoms with Gasteiger partial charge in [0.2, 0.25) is 0 Å². The number of hydrogen-bond donors (Lipinski definition) is 0. The largest absolute Gasteiger partial charge is 0.497 e. The third kappa shape index (κ3) is 2.84. The van der Waals surface area contributed by atoms with Crippen LogP contribution < -0.4 is 4.74 Å². The molecule has 1 aromatic carbocycles. The van der Waals surface area contributed by atoms with E-state index in [-0.39, 0.29) is 5.91 Å². The fourth-order valence-electron chi connectivity index (χ4n) is 4.02. The minimum atomic E-state index is 0.174. The van der Waals surface area contributed by atoms with Crippen molar-refractivity contribution in [2.45, 2.75) is 44.7 Å². The predicted molar refractivity (Wildman–Crippen MR) is 87.3 cm³/mol. The van der Waals surface area contributed by atoms with Gasteiger partial charge in [0, 0.05) is 24.2 Å². The molecule has 2 aliphatic heterocycles. The zero-order valence-corrected chi connectivity index (χ0v) is 13.6. The van der Waals surface area contributed by atoms with E-state index in [4.69, 9.17) is 4.74 Å². The van der Waals surface area contributed by atoms with E-state index < -0.39 is 0 Å². The molecular formula is C18H26N2O2. The lowest BCUT2D eigenvalue weighted by Crippen LogP contribution is -2.48. The number of nitrogens with zero attached hydrogens (tertiary/aromatic N) is 2. The summed E-state index contributed by atoms with van der Waals surface area (Å²) in [6.07, 6.45) is 4.76. The quantitative estimate of drug-likeness (QED) is 0.857. The zero-order valence-electron chi connectivity index (χ0n) is 13.6. The highest BCUT2D eigenvalue weighted by Gasteiger charge is 2.39. The molecule has 0 saturated carbocycles. The van der Waals surface area contributed by atoms with E-state index in [1.807, 2.05) is 24.3 Å². The molecule has 2 fully saturated rings. The molecule has 0 unspecified atom stereocenters. The summed E-state index contributed by atoms with van der Waals surface area (Å²) in [6.45, 7) is 5.39. The van der Waals surface area contributed by atoms with Gasteiger partial charge in [0.05, 0.1) is 7.11 Å². The molecule has 2 aliphatic rings. The standard InChI is InChI=1S/C18H26N2O2/c1-3-19-12-4-6-16(19)17-7-5-13-20(17)18(21)14-8-10-15(22-2)11-9-14/h8-11,16-17H,3-7,12-13H2,1-2H3/t16-,17+/m1/s1. The van der Waals surface area contributed by atoms with Crippen LogP contribution in [-0.4, -0.2) is 54.5 Å². The summed E-state index contributed by atoms with van der Waals surface area (Å²) in [4.78, 5) is 17.5. The summed E-state index contributed by atoms with van der Waals surface area (Å²) < 4.78 is 5.17. The number of ether oxygens (including phenoxy) is 1. The van der Waals surface area contributed by atoms with Crippen LogP contribution in [-0.2, 0) is 0 Å². The molecule has 120 valence electrons. The van der Waals surface area contributed by atoms with Crippen LogP contribution in [0.5, 0.6) is 5.75 Å². The lowest BCUT2D eigenvalue weighted by atomic mass is 10.0. The van der Waals surface area contributed by atoms with Crippen LogP contribution in [0.25, 0.3) is 0 Å². The molecule has 0 radical (unpaired) electrons. The number of benzene rings is 1. The maximum Gasteiger partial charge on any atom is 0.254 e. The smallest absolute Gasteiger partial charge is 0.254 e. The van der Waals surface area contributed by atoms with E-state index in [1.165, 1.54) is 19.4 Å². The Hall–Kier alpha value is -1.55. The molecule has 0 aromatic heterocycles. The van der Waals surface area contributed by atoms with Crippen LogP contribution in [0.1, 0.15) is 43.0 Å². The van der Waals surface area contributed by atoms with Gasteiger partial charge in [-0.05, 0) is 63.0 Å². The van der Waals surface area contributed by atoms with Crippen LogP contribution in [0.3, 0.4) is 0 Å². The summed E-state index contributed by atoms with van der Waals surface area (Å²) in [5, 5.41) is 0. The molecule has 3 rings (SSSR count). The van der Waals surface area contributed by atoms with Gasteiger partial charge in [0.15, 0.2) is 0 Å². The first kappa shape index (κ1) is 15.3. The van der Waals surface area contributed by atoms with Gasteiger partial charge >= 0.3 is 0 Å². The number of likely N-dealkylation sites (N-methyl/N-ethyl adjacent to an activating group) is 1. The topological polar surface area (TPSA) is 32.8 Å². The van der Waals surface area contributed by atoms with E-state index in [9.17, 15) is 4.79 Å². The zero-order chi connectivity index (χ0) is 15.5. The Balaban J connectivity index is 1.75. The number of carbonyl (C=O) groups excluding carboxylic acids is 1. The monoisotopic (exact) mass is 302 g/mol. The fourth-order valence-corrected chi connectivity index (χ4v) is 4.02. The Kier molecular flexibility index (Phi) is 4.67. The van der Waals surface area contributed by atoms with E-state index in [0.717, 1.165) is 37.2 Å². The van der Waals surface area contributed by atoms with Crippen molar-refractivity contribution in [3.05, 3.63) is 29.8 Å². The van der Waals surface area contributed by atoms with Crippen molar-refractivity contribution in [2.75, 3.05) is 26.7 Å². The van der Waals surface area contributed by atoms with Crippen molar-refractivity contribution < 1.29 is 9.53 Å². The third-order valence-corrected chi connectivity index (χ3v) is 5.16. The summed E-state index contributed by atoms with van der Waals surface area (Å²) in [5.41, 5.74) is 0.772. The van der Waals surface area contributed by atoms with Crippen molar-refractivity contribution in [2.24, 2.45) is 0 Å². The number of hydrogen-bond acceptors (Lipinski definition) is 3. The first-order valence-electron chi connectivity index (χ1n) is 8.43. The van der Waals surface area contributed by atoms with E-state index >= 15 is 0 Å². The van der Waals surface area contributed by atoms with Gasteiger partial charge in [-0.3, -0.25) is 9.69 Å². The fraction of sp³-hybridized carbons (Fsp3) is 0.611. The van der Waals surface area contributed by atoms with Crippen molar-refractivity contribution in [3.8, 4) is 5.75 Å². The molecule has 0 spiro atoms. The van der Waals surface area contributed by atoms with Gasteiger partial charge in [-0.1, -0.05) is 6.92 Å². The van der Waals surface area contributed by atoms with Crippen molar-refractivity contribution in [1.82, 2.24) is 9.80 Å². The number of rotatable bonds is 4. The summed E-state index contributed by atoms with van der Waals surface area (Å²) in [6, 6.07) is 8.43. The molecule has 1 aromatic rings. The molecule has 2 atom stereocenters. The summed E-state index contributed by atoms with van der Waals surface area (Å²) in [7, 11) is 1.65. The van der Waals surface area contributed by atoms with Crippen LogP contribution in [0.15, 0.2) is 24.3 Å². The Morgan fingerprint density at radius 2 is 1.82 bits per heavy atom. The van der Waals surface area contributed by atoms with Crippen LogP contribution >= 0.6 is 0 Å². The summed E-state index contributed by atoms with van der Waals surface area (Å²) >= 11 is 0. The molecule has 2 saturated heterocycles. The molecule has 0 N–H and O–H groups in total. The van der Waals surface area contributed by atoms with Crippen molar-refractivity contribution in [3.63, 3.8) is 0 Å². The lowest BCUT2D eigenvalue weighted by Gasteiger charge is -2.34. The molecule has 4 heteroatoms. The highest BCUT2D eigenvalue weighted by Crippen LogP contribution is 2.31. The Bertz CT molecular complexity index is 514. The molecule has 0 bridgehead atoms. The second-order valence-corrected chi connectivity index (χ2v) is 6.27. The van der Waals surface area contributed by atoms with Crippen molar-refractivity contribution in [1.29, 1.82) is 0 Å². The van der Waals surface area contributed by atoms with Crippen LogP contribution in [0.2, 0.25) is 0 Å². The Labute approximate surface area is 133 Å². The molecule has 2 heterocycles. The molecule has 0 aliphatic carbocycles.